The van der Waals surface area contributed by atoms with E-state index < -0.39 is 0 Å². The topological polar surface area (TPSA) is 23.5 Å². The highest BCUT2D eigenvalue weighted by atomic mass is 16.3. The fraction of sp³-hybridized carbons (Fsp3) is 1.00. The lowest BCUT2D eigenvalue weighted by Gasteiger charge is -2.36. The molecule has 4 unspecified atom stereocenters. The minimum atomic E-state index is -0.0162. The second-order valence-electron chi connectivity index (χ2n) is 5.92. The standard InChI is InChI=1S/C13H25NO/c1-10-6-11(2)8-14(7-10)9-12-4-3-5-13(12)15/h10-13,15H,3-9H2,1-2H3. The fourth-order valence-corrected chi connectivity index (χ4v) is 3.50. The van der Waals surface area contributed by atoms with Crippen LogP contribution in [0.15, 0.2) is 0 Å². The van der Waals surface area contributed by atoms with Crippen molar-refractivity contribution in [3.05, 3.63) is 0 Å². The Morgan fingerprint density at radius 1 is 1.13 bits per heavy atom. The zero-order chi connectivity index (χ0) is 10.8. The molecule has 0 aromatic rings. The van der Waals surface area contributed by atoms with Crippen LogP contribution in [0.4, 0.5) is 0 Å². The molecular formula is C13H25NO. The van der Waals surface area contributed by atoms with Gasteiger partial charge in [0.2, 0.25) is 0 Å². The largest absolute Gasteiger partial charge is 0.393 e. The molecule has 0 radical (unpaired) electrons. The summed E-state index contributed by atoms with van der Waals surface area (Å²) >= 11 is 0. The molecule has 4 atom stereocenters. The van der Waals surface area contributed by atoms with Crippen LogP contribution >= 0.6 is 0 Å². The van der Waals surface area contributed by atoms with Crippen LogP contribution in [0.25, 0.3) is 0 Å². The van der Waals surface area contributed by atoms with Crippen molar-refractivity contribution in [1.82, 2.24) is 4.90 Å². The molecule has 2 rings (SSSR count). The molecule has 1 aliphatic heterocycles. The Balaban J connectivity index is 1.83. The maximum absolute atomic E-state index is 9.82. The number of aliphatic hydroxyl groups excluding tert-OH is 1. The van der Waals surface area contributed by atoms with E-state index in [1.54, 1.807) is 0 Å². The molecule has 2 fully saturated rings. The molecular weight excluding hydrogens is 186 g/mol. The highest BCUT2D eigenvalue weighted by Crippen LogP contribution is 2.28. The van der Waals surface area contributed by atoms with Crippen LogP contribution in [-0.2, 0) is 0 Å². The molecule has 88 valence electrons. The van der Waals surface area contributed by atoms with Gasteiger partial charge in [-0.15, -0.1) is 0 Å². The third-order valence-corrected chi connectivity index (χ3v) is 4.06. The van der Waals surface area contributed by atoms with Gasteiger partial charge in [-0.05, 0) is 37.0 Å². The summed E-state index contributed by atoms with van der Waals surface area (Å²) in [6.45, 7) is 8.33. The van der Waals surface area contributed by atoms with Gasteiger partial charge in [-0.25, -0.2) is 0 Å². The summed E-state index contributed by atoms with van der Waals surface area (Å²) in [7, 11) is 0. The Morgan fingerprint density at radius 2 is 1.80 bits per heavy atom. The highest BCUT2D eigenvalue weighted by molar-refractivity contribution is 4.82. The van der Waals surface area contributed by atoms with Gasteiger partial charge in [-0.3, -0.25) is 0 Å². The van der Waals surface area contributed by atoms with E-state index in [4.69, 9.17) is 0 Å². The van der Waals surface area contributed by atoms with Gasteiger partial charge in [0.15, 0.2) is 0 Å². The molecule has 2 nitrogen and oxygen atoms in total. The van der Waals surface area contributed by atoms with Gasteiger partial charge < -0.3 is 10.0 Å². The molecule has 15 heavy (non-hydrogen) atoms. The molecule has 2 aliphatic rings. The van der Waals surface area contributed by atoms with Crippen molar-refractivity contribution in [3.63, 3.8) is 0 Å². The Morgan fingerprint density at radius 3 is 2.33 bits per heavy atom. The Hall–Kier alpha value is -0.0800. The van der Waals surface area contributed by atoms with Crippen molar-refractivity contribution in [3.8, 4) is 0 Å². The summed E-state index contributed by atoms with van der Waals surface area (Å²) in [6.07, 6.45) is 4.86. The first kappa shape index (κ1) is 11.4. The Bertz CT molecular complexity index is 197. The summed E-state index contributed by atoms with van der Waals surface area (Å²) in [4.78, 5) is 2.58. The van der Waals surface area contributed by atoms with Crippen molar-refractivity contribution in [2.75, 3.05) is 19.6 Å². The van der Waals surface area contributed by atoms with E-state index in [-0.39, 0.29) is 6.10 Å². The van der Waals surface area contributed by atoms with Crippen LogP contribution in [0.2, 0.25) is 0 Å². The number of aliphatic hydroxyl groups is 1. The monoisotopic (exact) mass is 211 g/mol. The lowest BCUT2D eigenvalue weighted by Crippen LogP contribution is -2.42. The summed E-state index contributed by atoms with van der Waals surface area (Å²) < 4.78 is 0. The van der Waals surface area contributed by atoms with E-state index in [2.05, 4.69) is 18.7 Å². The smallest absolute Gasteiger partial charge is 0.0580 e. The van der Waals surface area contributed by atoms with Gasteiger partial charge in [0.05, 0.1) is 6.10 Å². The summed E-state index contributed by atoms with van der Waals surface area (Å²) in [5, 5.41) is 9.82. The quantitative estimate of drug-likeness (QED) is 0.756. The molecule has 1 saturated heterocycles. The predicted octanol–water partition coefficient (Wildman–Crippen LogP) is 2.13. The number of nitrogens with zero attached hydrogens (tertiary/aromatic N) is 1. The maximum atomic E-state index is 9.82. The minimum absolute atomic E-state index is 0.0162. The van der Waals surface area contributed by atoms with Gasteiger partial charge in [0.1, 0.15) is 0 Å². The van der Waals surface area contributed by atoms with E-state index in [0.717, 1.165) is 24.8 Å². The molecule has 0 aromatic heterocycles. The zero-order valence-electron chi connectivity index (χ0n) is 10.2. The molecule has 1 aliphatic carbocycles. The zero-order valence-corrected chi connectivity index (χ0v) is 10.2. The first-order valence-electron chi connectivity index (χ1n) is 6.55. The van der Waals surface area contributed by atoms with Crippen LogP contribution < -0.4 is 0 Å². The van der Waals surface area contributed by atoms with Crippen LogP contribution in [0.5, 0.6) is 0 Å². The second-order valence-corrected chi connectivity index (χ2v) is 5.92. The first-order valence-corrected chi connectivity index (χ1v) is 6.55. The van der Waals surface area contributed by atoms with Gasteiger partial charge in [-0.2, -0.15) is 0 Å². The molecule has 0 spiro atoms. The van der Waals surface area contributed by atoms with E-state index in [1.165, 1.54) is 32.4 Å². The van der Waals surface area contributed by atoms with E-state index in [1.807, 2.05) is 0 Å². The number of piperidine rings is 1. The molecule has 0 amide bonds. The maximum Gasteiger partial charge on any atom is 0.0580 e. The number of rotatable bonds is 2. The molecule has 0 bridgehead atoms. The van der Waals surface area contributed by atoms with E-state index >= 15 is 0 Å². The van der Waals surface area contributed by atoms with Crippen LogP contribution in [0.1, 0.15) is 39.5 Å². The van der Waals surface area contributed by atoms with Crippen LogP contribution in [0, 0.1) is 17.8 Å². The lowest BCUT2D eigenvalue weighted by molar-refractivity contribution is 0.0717. The third kappa shape index (κ3) is 2.94. The van der Waals surface area contributed by atoms with Gasteiger partial charge >= 0.3 is 0 Å². The SMILES string of the molecule is CC1CC(C)CN(CC2CCCC2O)C1. The number of hydrogen-bond acceptors (Lipinski definition) is 2. The average molecular weight is 211 g/mol. The van der Waals surface area contributed by atoms with Gasteiger partial charge in [-0.1, -0.05) is 20.3 Å². The number of likely N-dealkylation sites (tertiary alicyclic amines) is 1. The van der Waals surface area contributed by atoms with Crippen molar-refractivity contribution in [2.45, 2.75) is 45.6 Å². The highest BCUT2D eigenvalue weighted by Gasteiger charge is 2.29. The summed E-state index contributed by atoms with van der Waals surface area (Å²) in [5.74, 6) is 2.24. The third-order valence-electron chi connectivity index (χ3n) is 4.06. The summed E-state index contributed by atoms with van der Waals surface area (Å²) in [6, 6.07) is 0. The van der Waals surface area contributed by atoms with Crippen molar-refractivity contribution in [1.29, 1.82) is 0 Å². The van der Waals surface area contributed by atoms with Crippen molar-refractivity contribution in [2.24, 2.45) is 17.8 Å². The predicted molar refractivity (Wildman–Crippen MR) is 62.7 cm³/mol. The summed E-state index contributed by atoms with van der Waals surface area (Å²) in [5.41, 5.74) is 0. The van der Waals surface area contributed by atoms with Crippen LogP contribution in [-0.4, -0.2) is 35.7 Å². The molecule has 1 N–H and O–H groups in total. The van der Waals surface area contributed by atoms with Gasteiger partial charge in [0.25, 0.3) is 0 Å². The van der Waals surface area contributed by atoms with E-state index in [0.29, 0.717) is 5.92 Å². The fourth-order valence-electron chi connectivity index (χ4n) is 3.50. The number of hydrogen-bond donors (Lipinski definition) is 1. The first-order chi connectivity index (χ1) is 7.15. The van der Waals surface area contributed by atoms with E-state index in [9.17, 15) is 5.11 Å². The Labute approximate surface area is 93.7 Å². The van der Waals surface area contributed by atoms with Crippen LogP contribution in [0.3, 0.4) is 0 Å². The lowest BCUT2D eigenvalue weighted by atomic mass is 9.91. The van der Waals surface area contributed by atoms with Gasteiger partial charge in [0, 0.05) is 19.6 Å². The molecule has 1 heterocycles. The molecule has 1 saturated carbocycles. The Kier molecular flexibility index (Phi) is 3.68. The minimum Gasteiger partial charge on any atom is -0.393 e. The normalized spacial score (nSPS) is 43.4. The molecule has 2 heteroatoms. The second kappa shape index (κ2) is 4.84. The molecule has 0 aromatic carbocycles. The average Bonchev–Trinajstić information content (AvgIpc) is 2.50. The van der Waals surface area contributed by atoms with Crippen molar-refractivity contribution >= 4 is 0 Å². The van der Waals surface area contributed by atoms with Crippen molar-refractivity contribution < 1.29 is 5.11 Å².